The molecule has 10 nitrogen and oxygen atoms in total. The van der Waals surface area contributed by atoms with Crippen LogP contribution in [-0.2, 0) is 33.5 Å². The summed E-state index contributed by atoms with van der Waals surface area (Å²) in [6.45, 7) is 0.905. The van der Waals surface area contributed by atoms with E-state index in [-0.39, 0.29) is 36.0 Å². The molecule has 0 aliphatic heterocycles. The van der Waals surface area contributed by atoms with Crippen molar-refractivity contribution in [2.45, 2.75) is 6.42 Å². The third-order valence-electron chi connectivity index (χ3n) is 1.31. The summed E-state index contributed by atoms with van der Waals surface area (Å²) < 4.78 is 17.6. The van der Waals surface area contributed by atoms with Gasteiger partial charge < -0.3 is 39.7 Å². The van der Waals surface area contributed by atoms with Crippen LogP contribution in [0.4, 0.5) is 0 Å². The summed E-state index contributed by atoms with van der Waals surface area (Å²) in [5, 5.41) is 22.9. The van der Waals surface area contributed by atoms with E-state index in [1.165, 1.54) is 21.3 Å². The molecule has 0 heterocycles. The van der Waals surface area contributed by atoms with Gasteiger partial charge in [0.1, 0.15) is 6.61 Å². The average Bonchev–Trinajstić information content (AvgIpc) is 2.56. The van der Waals surface area contributed by atoms with Gasteiger partial charge in [0.15, 0.2) is 0 Å². The Kier molecular flexibility index (Phi) is 72.8. The molecular weight excluding hydrogens is 736 g/mol. The van der Waals surface area contributed by atoms with Crippen LogP contribution in [0.1, 0.15) is 6.42 Å². The van der Waals surface area contributed by atoms with Crippen LogP contribution in [0.5, 0.6) is 0 Å². The number of aliphatic hydroxyl groups excluding tert-OH is 2. The fourth-order valence-electron chi connectivity index (χ4n) is 0.457. The first kappa shape index (κ1) is 41.8. The topological polar surface area (TPSA) is 163 Å². The van der Waals surface area contributed by atoms with Crippen molar-refractivity contribution in [3.63, 3.8) is 0 Å². The van der Waals surface area contributed by atoms with Crippen molar-refractivity contribution in [1.82, 2.24) is 0 Å². The molecule has 0 bridgehead atoms. The molecule has 0 rings (SSSR count). The van der Waals surface area contributed by atoms with E-state index in [4.69, 9.17) is 15.3 Å². The van der Waals surface area contributed by atoms with Gasteiger partial charge in [0, 0.05) is 28.4 Å². The number of carbonyl (C=O) groups excluding carboxylic acids is 1. The number of ether oxygens (including phenoxy) is 4. The molecule has 0 aromatic heterocycles. The monoisotopic (exact) mass is 766 g/mol. The van der Waals surface area contributed by atoms with Crippen LogP contribution in [0.15, 0.2) is 0 Å². The Morgan fingerprint density at radius 1 is 0.923 bits per heavy atom. The van der Waals surface area contributed by atoms with Gasteiger partial charge in [-0.05, 0) is 0 Å². The molecule has 0 aromatic rings. The second-order valence-corrected chi connectivity index (χ2v) is 38.4. The number of methoxy groups -OCH3 is 4. The van der Waals surface area contributed by atoms with Gasteiger partial charge in [-0.25, -0.2) is 4.79 Å². The van der Waals surface area contributed by atoms with Crippen LogP contribution in [0.2, 0.25) is 0 Å². The molecule has 0 aliphatic rings. The first-order valence-electron chi connectivity index (χ1n) is 6.31. The summed E-state index contributed by atoms with van der Waals surface area (Å²) in [6.07, 6.45) is 0.0938. The molecule has 0 aromatic carbocycles. The molecule has 0 radical (unpaired) electrons. The van der Waals surface area contributed by atoms with Crippen molar-refractivity contribution in [3.05, 3.63) is 0 Å². The molecule has 0 atom stereocenters. The first-order valence-corrected chi connectivity index (χ1v) is 19.8. The molecule has 164 valence electrons. The van der Waals surface area contributed by atoms with Crippen molar-refractivity contribution in [2.24, 2.45) is 0 Å². The van der Waals surface area contributed by atoms with E-state index in [1.54, 1.807) is 7.11 Å². The molecular formula is C12H30I3O10V. The SMILES string of the molecule is CO.COCC(=O)OC.COCCC(=O)O.COCCO.O.[I][V]([I])[I]. The molecule has 5 N–H and O–H groups in total. The zero-order chi connectivity index (χ0) is 21.1. The Bertz CT molecular complexity index is 247. The minimum atomic E-state index is -0.818. The Morgan fingerprint density at radius 2 is 1.31 bits per heavy atom. The molecule has 0 fully saturated rings. The predicted octanol–water partition coefficient (Wildman–Crippen LogP) is 0.977. The van der Waals surface area contributed by atoms with Gasteiger partial charge in [-0.15, -0.1) is 0 Å². The minimum absolute atomic E-state index is 0. The summed E-state index contributed by atoms with van der Waals surface area (Å²) in [4.78, 5) is 19.5. The summed E-state index contributed by atoms with van der Waals surface area (Å²) in [5.41, 5.74) is 0. The number of halogens is 3. The van der Waals surface area contributed by atoms with Gasteiger partial charge in [-0.3, -0.25) is 4.79 Å². The quantitative estimate of drug-likeness (QED) is 0.254. The van der Waals surface area contributed by atoms with Crippen LogP contribution in [0.25, 0.3) is 0 Å². The van der Waals surface area contributed by atoms with E-state index < -0.39 is 5.97 Å². The average molecular weight is 766 g/mol. The molecule has 0 spiro atoms. The Hall–Kier alpha value is 1.47. The molecule has 26 heavy (non-hydrogen) atoms. The van der Waals surface area contributed by atoms with Crippen molar-refractivity contribution in [3.8, 4) is 0 Å². The van der Waals surface area contributed by atoms with Crippen molar-refractivity contribution in [2.75, 3.05) is 62.0 Å². The van der Waals surface area contributed by atoms with Crippen LogP contribution in [0.3, 0.4) is 0 Å². The maximum atomic E-state index is 10.1. The number of aliphatic hydroxyl groups is 2. The summed E-state index contributed by atoms with van der Waals surface area (Å²) in [6, 6.07) is 0. The molecule has 14 heteroatoms. The number of hydrogen-bond donors (Lipinski definition) is 3. The van der Waals surface area contributed by atoms with Gasteiger partial charge in [0.25, 0.3) is 0 Å². The number of carbonyl (C=O) groups is 2. The van der Waals surface area contributed by atoms with Crippen molar-refractivity contribution >= 4 is 71.9 Å². The standard InChI is InChI=1S/2C4H8O3.C3H8O2.CH4O.3HI.H2O.V/c1-6-3-4(5)7-2;1-7-3-2-4(5)6;1-5-3-2-4;1-2;;;;;/h3H2,1-2H3;2-3H2,1H3,(H,5,6);4H,2-3H2,1H3;2H,1H3;3*1H;1H2;/q;;;;;;;;+3/p-3. The van der Waals surface area contributed by atoms with Crippen LogP contribution in [0, 0.1) is 0 Å². The number of carboxylic acid groups (broad SMARTS) is 1. The molecule has 0 saturated carbocycles. The van der Waals surface area contributed by atoms with Crippen molar-refractivity contribution in [1.29, 1.82) is 0 Å². The van der Waals surface area contributed by atoms with Gasteiger partial charge in [0.05, 0.1) is 33.4 Å². The number of esters is 1. The van der Waals surface area contributed by atoms with E-state index >= 15 is 0 Å². The van der Waals surface area contributed by atoms with Gasteiger partial charge in [0.2, 0.25) is 0 Å². The van der Waals surface area contributed by atoms with E-state index in [1.807, 2.05) is 0 Å². The Labute approximate surface area is 192 Å². The molecule has 0 saturated heterocycles. The maximum absolute atomic E-state index is 10.1. The fourth-order valence-corrected chi connectivity index (χ4v) is 0.457. The van der Waals surface area contributed by atoms with E-state index in [2.05, 4.69) is 78.9 Å². The van der Waals surface area contributed by atoms with E-state index in [0.29, 0.717) is 13.2 Å². The summed E-state index contributed by atoms with van der Waals surface area (Å²) in [5.74, 6) is -1.16. The van der Waals surface area contributed by atoms with E-state index in [9.17, 15) is 9.59 Å². The summed E-state index contributed by atoms with van der Waals surface area (Å²) >= 11 is 7.39. The zero-order valence-electron chi connectivity index (χ0n) is 15.4. The zero-order valence-corrected chi connectivity index (χ0v) is 23.3. The van der Waals surface area contributed by atoms with E-state index in [0.717, 1.165) is 7.11 Å². The van der Waals surface area contributed by atoms with Crippen LogP contribution >= 0.6 is 59.9 Å². The second-order valence-electron chi connectivity index (χ2n) is 3.05. The third kappa shape index (κ3) is 98.1. The number of rotatable bonds is 7. The van der Waals surface area contributed by atoms with Gasteiger partial charge >= 0.3 is 76.8 Å². The number of carboxylic acids is 1. The summed E-state index contributed by atoms with van der Waals surface area (Å²) in [7, 11) is 6.79. The number of hydrogen-bond acceptors (Lipinski definition) is 8. The Balaban J connectivity index is -0.0000000500. The fraction of sp³-hybridized carbons (Fsp3) is 0.833. The number of aliphatic carboxylic acids is 1. The van der Waals surface area contributed by atoms with Crippen LogP contribution < -0.4 is 0 Å². The normalized spacial score (nSPS) is 7.81. The van der Waals surface area contributed by atoms with Crippen molar-refractivity contribution < 1.29 is 54.3 Å². The Morgan fingerprint density at radius 3 is 1.38 bits per heavy atom. The van der Waals surface area contributed by atoms with Gasteiger partial charge in [-0.2, -0.15) is 0 Å². The second kappa shape index (κ2) is 45.3. The molecule has 0 amide bonds. The van der Waals surface area contributed by atoms with Gasteiger partial charge in [-0.1, -0.05) is 0 Å². The first-order chi connectivity index (χ1) is 11.7. The molecule has 0 aliphatic carbocycles. The molecule has 0 unspecified atom stereocenters. The van der Waals surface area contributed by atoms with Crippen LogP contribution in [-0.4, -0.2) is 94.7 Å². The predicted molar refractivity (Wildman–Crippen MR) is 121 cm³/mol. The third-order valence-corrected chi connectivity index (χ3v) is 1.31.